The van der Waals surface area contributed by atoms with Crippen molar-refractivity contribution in [2.24, 2.45) is 11.3 Å². The molecule has 3 atom stereocenters. The molecule has 1 spiro atoms. The molecule has 0 aliphatic carbocycles. The van der Waals surface area contributed by atoms with E-state index in [0.717, 1.165) is 13.1 Å². The quantitative estimate of drug-likeness (QED) is 0.779. The van der Waals surface area contributed by atoms with E-state index in [0.29, 0.717) is 5.92 Å². The Labute approximate surface area is 126 Å². The normalized spacial score (nSPS) is 39.0. The summed E-state index contributed by atoms with van der Waals surface area (Å²) in [5.74, 6) is -0.0897. The van der Waals surface area contributed by atoms with Gasteiger partial charge in [0.15, 0.2) is 5.79 Å². The van der Waals surface area contributed by atoms with Crippen molar-refractivity contribution in [3.05, 3.63) is 42.0 Å². The number of nitrogens with zero attached hydrogens (tertiary/aromatic N) is 1. The summed E-state index contributed by atoms with van der Waals surface area (Å²) < 4.78 is 12.2. The van der Waals surface area contributed by atoms with Crippen molar-refractivity contribution in [2.45, 2.75) is 32.2 Å². The first-order valence-electron chi connectivity index (χ1n) is 7.70. The maximum absolute atomic E-state index is 6.44. The molecule has 0 aromatic heterocycles. The third kappa shape index (κ3) is 1.51. The van der Waals surface area contributed by atoms with Gasteiger partial charge in [-0.15, -0.1) is 0 Å². The first kappa shape index (κ1) is 13.4. The van der Waals surface area contributed by atoms with E-state index in [4.69, 9.17) is 9.47 Å². The minimum absolute atomic E-state index is 0.0179. The summed E-state index contributed by atoms with van der Waals surface area (Å²) in [5.41, 5.74) is 2.37. The van der Waals surface area contributed by atoms with Crippen LogP contribution in [0.25, 0.3) is 0 Å². The molecule has 0 N–H and O–H groups in total. The Balaban J connectivity index is 1.69. The van der Waals surface area contributed by atoms with Crippen LogP contribution in [0.15, 0.2) is 36.4 Å². The van der Waals surface area contributed by atoms with Crippen molar-refractivity contribution in [1.29, 1.82) is 0 Å². The molecule has 0 unspecified atom stereocenters. The Morgan fingerprint density at radius 1 is 1.19 bits per heavy atom. The van der Waals surface area contributed by atoms with Crippen LogP contribution < -0.4 is 4.90 Å². The zero-order valence-electron chi connectivity index (χ0n) is 13.2. The van der Waals surface area contributed by atoms with Crippen LogP contribution in [0, 0.1) is 18.3 Å². The van der Waals surface area contributed by atoms with Gasteiger partial charge in [-0.3, -0.25) is 0 Å². The number of anilines is 1. The first-order chi connectivity index (χ1) is 9.92. The number of hydrogen-bond acceptors (Lipinski definition) is 3. The van der Waals surface area contributed by atoms with Gasteiger partial charge in [0, 0.05) is 30.7 Å². The van der Waals surface area contributed by atoms with Gasteiger partial charge in [0.1, 0.15) is 5.60 Å². The topological polar surface area (TPSA) is 21.7 Å². The van der Waals surface area contributed by atoms with E-state index in [1.54, 1.807) is 7.11 Å². The Morgan fingerprint density at radius 2 is 1.90 bits per heavy atom. The van der Waals surface area contributed by atoms with Gasteiger partial charge in [-0.1, -0.05) is 31.5 Å². The maximum atomic E-state index is 6.44. The molecule has 2 fully saturated rings. The van der Waals surface area contributed by atoms with Crippen molar-refractivity contribution in [2.75, 3.05) is 25.1 Å². The molecule has 3 heterocycles. The summed E-state index contributed by atoms with van der Waals surface area (Å²) in [6.45, 7) is 8.59. The molecular weight excluding hydrogens is 262 g/mol. The molecule has 4 rings (SSSR count). The van der Waals surface area contributed by atoms with Crippen molar-refractivity contribution in [3.63, 3.8) is 0 Å². The molecule has 3 aliphatic rings. The van der Waals surface area contributed by atoms with Crippen LogP contribution in [-0.2, 0) is 9.47 Å². The molecule has 112 valence electrons. The van der Waals surface area contributed by atoms with E-state index < -0.39 is 5.79 Å². The summed E-state index contributed by atoms with van der Waals surface area (Å²) in [6.07, 6.45) is 4.36. The Kier molecular flexibility index (Phi) is 2.48. The molecule has 1 aromatic rings. The van der Waals surface area contributed by atoms with Gasteiger partial charge in [0.05, 0.1) is 6.54 Å². The van der Waals surface area contributed by atoms with Crippen LogP contribution in [-0.4, -0.2) is 31.6 Å². The highest BCUT2D eigenvalue weighted by molar-refractivity contribution is 5.52. The summed E-state index contributed by atoms with van der Waals surface area (Å²) in [6, 6.07) is 8.78. The van der Waals surface area contributed by atoms with E-state index in [-0.39, 0.29) is 11.0 Å². The van der Waals surface area contributed by atoms with E-state index in [1.807, 2.05) is 0 Å². The predicted octanol–water partition coefficient (Wildman–Crippen LogP) is 3.14. The highest BCUT2D eigenvalue weighted by Gasteiger charge is 2.71. The molecule has 0 saturated carbocycles. The maximum Gasteiger partial charge on any atom is 0.194 e. The highest BCUT2D eigenvalue weighted by atomic mass is 16.7. The summed E-state index contributed by atoms with van der Waals surface area (Å²) in [4.78, 5) is 2.45. The van der Waals surface area contributed by atoms with E-state index in [1.165, 1.54) is 11.3 Å². The molecule has 0 radical (unpaired) electrons. The largest absolute Gasteiger partial charge is 0.368 e. The van der Waals surface area contributed by atoms with Crippen molar-refractivity contribution >= 4 is 5.69 Å². The van der Waals surface area contributed by atoms with Gasteiger partial charge in [-0.25, -0.2) is 0 Å². The summed E-state index contributed by atoms with van der Waals surface area (Å²) in [7, 11) is 1.75. The average molecular weight is 285 g/mol. The number of aryl methyl sites for hydroxylation is 1. The number of methoxy groups -OCH3 is 1. The molecule has 3 heteroatoms. The Bertz CT molecular complexity index is 606. The number of rotatable bonds is 2. The van der Waals surface area contributed by atoms with Gasteiger partial charge >= 0.3 is 0 Å². The average Bonchev–Trinajstić information content (AvgIpc) is 3.07. The minimum atomic E-state index is -0.545. The Hall–Kier alpha value is -1.32. The second kappa shape index (κ2) is 3.90. The van der Waals surface area contributed by atoms with Crippen LogP contribution in [0.3, 0.4) is 0 Å². The van der Waals surface area contributed by atoms with Crippen molar-refractivity contribution in [1.82, 2.24) is 0 Å². The fraction of sp³-hybridized carbons (Fsp3) is 0.556. The third-order valence-corrected chi connectivity index (χ3v) is 5.83. The van der Waals surface area contributed by atoms with Crippen molar-refractivity contribution in [3.8, 4) is 0 Å². The van der Waals surface area contributed by atoms with Gasteiger partial charge in [0.2, 0.25) is 0 Å². The lowest BCUT2D eigenvalue weighted by Crippen LogP contribution is -2.46. The van der Waals surface area contributed by atoms with E-state index >= 15 is 0 Å². The number of ether oxygens (including phenoxy) is 2. The second-order valence-electron chi connectivity index (χ2n) is 7.25. The lowest BCUT2D eigenvalue weighted by molar-refractivity contribution is -0.216. The fourth-order valence-corrected chi connectivity index (χ4v) is 4.47. The van der Waals surface area contributed by atoms with Crippen LogP contribution in [0.2, 0.25) is 0 Å². The van der Waals surface area contributed by atoms with Crippen LogP contribution in [0.5, 0.6) is 0 Å². The summed E-state index contributed by atoms with van der Waals surface area (Å²) >= 11 is 0. The van der Waals surface area contributed by atoms with E-state index in [9.17, 15) is 0 Å². The first-order valence-corrected chi connectivity index (χ1v) is 7.70. The van der Waals surface area contributed by atoms with Crippen LogP contribution in [0.1, 0.15) is 19.4 Å². The molecule has 3 aliphatic heterocycles. The zero-order valence-corrected chi connectivity index (χ0v) is 13.2. The number of hydrogen-bond donors (Lipinski definition) is 0. The zero-order chi connectivity index (χ0) is 14.9. The SMILES string of the molecule is CO[C@@]12C=C[C@]3(CN(c4ccc(C)cc4)C[C@@H]3C1(C)C)O2. The lowest BCUT2D eigenvalue weighted by Gasteiger charge is -2.39. The smallest absolute Gasteiger partial charge is 0.194 e. The molecule has 2 bridgehead atoms. The molecule has 0 amide bonds. The lowest BCUT2D eigenvalue weighted by atomic mass is 9.66. The third-order valence-electron chi connectivity index (χ3n) is 5.83. The second-order valence-corrected chi connectivity index (χ2v) is 7.25. The van der Waals surface area contributed by atoms with Crippen LogP contribution in [0.4, 0.5) is 5.69 Å². The van der Waals surface area contributed by atoms with Gasteiger partial charge in [0.25, 0.3) is 0 Å². The summed E-state index contributed by atoms with van der Waals surface area (Å²) in [5, 5.41) is 0. The van der Waals surface area contributed by atoms with Gasteiger partial charge in [-0.2, -0.15) is 0 Å². The predicted molar refractivity (Wildman–Crippen MR) is 83.4 cm³/mol. The highest BCUT2D eigenvalue weighted by Crippen LogP contribution is 2.63. The van der Waals surface area contributed by atoms with Crippen molar-refractivity contribution < 1.29 is 9.47 Å². The number of fused-ring (bicyclic) bond motifs is 1. The molecule has 2 saturated heterocycles. The molecule has 1 aromatic carbocycles. The monoisotopic (exact) mass is 285 g/mol. The Morgan fingerprint density at radius 3 is 2.52 bits per heavy atom. The number of benzene rings is 1. The van der Waals surface area contributed by atoms with E-state index in [2.05, 4.69) is 62.1 Å². The van der Waals surface area contributed by atoms with Crippen LogP contribution >= 0.6 is 0 Å². The minimum Gasteiger partial charge on any atom is -0.368 e. The molecular formula is C18H23NO2. The van der Waals surface area contributed by atoms with Gasteiger partial charge in [-0.05, 0) is 31.2 Å². The van der Waals surface area contributed by atoms with Gasteiger partial charge < -0.3 is 14.4 Å². The fourth-order valence-electron chi connectivity index (χ4n) is 4.47. The standard InChI is InChI=1S/C18H23NO2/c1-13-5-7-14(8-6-13)19-11-15-16(2,3)18(20-4)10-9-17(15,12-19)21-18/h5-10,15H,11-12H2,1-4H3/t15-,17-,18-/m1/s1. The molecule has 21 heavy (non-hydrogen) atoms. The molecule has 3 nitrogen and oxygen atoms in total.